The van der Waals surface area contributed by atoms with Crippen LogP contribution in [0.15, 0.2) is 42.5 Å². The van der Waals surface area contributed by atoms with E-state index in [0.29, 0.717) is 5.75 Å². The van der Waals surface area contributed by atoms with E-state index < -0.39 is 24.6 Å². The molecule has 1 amide bonds. The number of carbonyl (C=O) groups excluding carboxylic acids is 2. The van der Waals surface area contributed by atoms with E-state index in [1.54, 1.807) is 6.07 Å². The summed E-state index contributed by atoms with van der Waals surface area (Å²) in [4.78, 5) is 24.2. The minimum absolute atomic E-state index is 0.0440. The van der Waals surface area contributed by atoms with Gasteiger partial charge in [0.15, 0.2) is 12.7 Å². The van der Waals surface area contributed by atoms with Gasteiger partial charge in [0.25, 0.3) is 5.91 Å². The van der Waals surface area contributed by atoms with Gasteiger partial charge in [0.1, 0.15) is 11.5 Å². The minimum atomic E-state index is -3.03. The second-order valence-electron chi connectivity index (χ2n) is 6.01. The van der Waals surface area contributed by atoms with Gasteiger partial charge >= 0.3 is 12.6 Å². The van der Waals surface area contributed by atoms with E-state index in [0.717, 1.165) is 11.1 Å². The van der Waals surface area contributed by atoms with Gasteiger partial charge in [-0.05, 0) is 44.0 Å². The third kappa shape index (κ3) is 5.94. The van der Waals surface area contributed by atoms with Crippen LogP contribution in [0.25, 0.3) is 0 Å². The van der Waals surface area contributed by atoms with Gasteiger partial charge in [-0.3, -0.25) is 4.79 Å². The third-order valence-corrected chi connectivity index (χ3v) is 3.78. The lowest BCUT2D eigenvalue weighted by Gasteiger charge is -2.16. The molecule has 8 heteroatoms. The number of nitrogens with one attached hydrogen (secondary N) is 1. The summed E-state index contributed by atoms with van der Waals surface area (Å²) >= 11 is 0. The van der Waals surface area contributed by atoms with Crippen molar-refractivity contribution in [3.63, 3.8) is 0 Å². The number of para-hydroxylation sites is 3. The van der Waals surface area contributed by atoms with Crippen LogP contribution in [-0.2, 0) is 14.3 Å². The maximum absolute atomic E-state index is 12.4. The molecule has 0 fully saturated rings. The Bertz CT molecular complexity index is 821. The Labute approximate surface area is 161 Å². The lowest BCUT2D eigenvalue weighted by Crippen LogP contribution is -2.32. The number of carbonyl (C=O) groups is 2. The number of amides is 1. The summed E-state index contributed by atoms with van der Waals surface area (Å²) in [6.45, 7) is 1.66. The van der Waals surface area contributed by atoms with Crippen molar-refractivity contribution in [1.82, 2.24) is 0 Å². The Morgan fingerprint density at radius 3 is 2.32 bits per heavy atom. The van der Waals surface area contributed by atoms with Gasteiger partial charge in [0, 0.05) is 0 Å². The largest absolute Gasteiger partial charge is 0.481 e. The van der Waals surface area contributed by atoms with Gasteiger partial charge in [-0.25, -0.2) is 4.79 Å². The van der Waals surface area contributed by atoms with E-state index in [2.05, 4.69) is 10.1 Å². The summed E-state index contributed by atoms with van der Waals surface area (Å²) in [5, 5.41) is 2.40. The smallest absolute Gasteiger partial charge is 0.387 e. The van der Waals surface area contributed by atoms with Crippen LogP contribution >= 0.6 is 0 Å². The molecule has 0 saturated heterocycles. The van der Waals surface area contributed by atoms with Crippen molar-refractivity contribution < 1.29 is 32.6 Å². The fourth-order valence-corrected chi connectivity index (χ4v) is 2.45. The maximum atomic E-state index is 12.4. The van der Waals surface area contributed by atoms with Gasteiger partial charge in [-0.1, -0.05) is 30.3 Å². The van der Waals surface area contributed by atoms with Crippen molar-refractivity contribution in [2.75, 3.05) is 11.9 Å². The van der Waals surface area contributed by atoms with Gasteiger partial charge in [0.2, 0.25) is 0 Å². The van der Waals surface area contributed by atoms with Gasteiger partial charge in [0.05, 0.1) is 5.69 Å². The second-order valence-corrected chi connectivity index (χ2v) is 6.01. The molecule has 0 saturated carbocycles. The Hall–Kier alpha value is -3.16. The molecule has 0 unspecified atom stereocenters. The van der Waals surface area contributed by atoms with Gasteiger partial charge in [-0.15, -0.1) is 0 Å². The van der Waals surface area contributed by atoms with Crippen LogP contribution < -0.4 is 14.8 Å². The Kier molecular flexibility index (Phi) is 7.31. The van der Waals surface area contributed by atoms with Crippen LogP contribution in [0, 0.1) is 13.8 Å². The number of benzene rings is 2. The lowest BCUT2D eigenvalue weighted by molar-refractivity contribution is -0.155. The SMILES string of the molecule is Cc1cccc(C)c1OCC(=O)O[C@@H](C)C(=O)Nc1ccccc1OC(F)F. The number of halogens is 2. The van der Waals surface area contributed by atoms with Crippen molar-refractivity contribution in [1.29, 1.82) is 0 Å². The highest BCUT2D eigenvalue weighted by Crippen LogP contribution is 2.26. The zero-order valence-corrected chi connectivity index (χ0v) is 15.7. The Balaban J connectivity index is 1.91. The van der Waals surface area contributed by atoms with Crippen LogP contribution in [0.4, 0.5) is 14.5 Å². The van der Waals surface area contributed by atoms with Crippen LogP contribution in [0.5, 0.6) is 11.5 Å². The number of alkyl halides is 2. The molecule has 1 N–H and O–H groups in total. The molecule has 0 aliphatic rings. The van der Waals surface area contributed by atoms with Crippen molar-refractivity contribution in [3.05, 3.63) is 53.6 Å². The van der Waals surface area contributed by atoms with E-state index in [1.165, 1.54) is 25.1 Å². The van der Waals surface area contributed by atoms with E-state index in [1.807, 2.05) is 32.0 Å². The molecule has 0 heterocycles. The number of ether oxygens (including phenoxy) is 3. The first kappa shape index (κ1) is 21.1. The number of anilines is 1. The van der Waals surface area contributed by atoms with Crippen molar-refractivity contribution in [2.45, 2.75) is 33.5 Å². The number of aryl methyl sites for hydroxylation is 2. The highest BCUT2D eigenvalue weighted by atomic mass is 19.3. The minimum Gasteiger partial charge on any atom is -0.481 e. The Morgan fingerprint density at radius 2 is 1.68 bits per heavy atom. The predicted octanol–water partition coefficient (Wildman–Crippen LogP) is 3.85. The molecule has 0 bridgehead atoms. The molecular formula is C20H21F2NO5. The summed E-state index contributed by atoms with van der Waals surface area (Å²) in [6, 6.07) is 11.3. The third-order valence-electron chi connectivity index (χ3n) is 3.78. The lowest BCUT2D eigenvalue weighted by atomic mass is 10.1. The van der Waals surface area contributed by atoms with Gasteiger partial charge in [-0.2, -0.15) is 8.78 Å². The van der Waals surface area contributed by atoms with E-state index in [-0.39, 0.29) is 18.0 Å². The van der Waals surface area contributed by atoms with Crippen LogP contribution in [0.3, 0.4) is 0 Å². The molecular weight excluding hydrogens is 372 g/mol. The number of esters is 1. The molecule has 0 radical (unpaired) electrons. The molecule has 2 aromatic carbocycles. The highest BCUT2D eigenvalue weighted by molar-refractivity contribution is 5.96. The molecule has 2 aromatic rings. The molecule has 0 aromatic heterocycles. The fraction of sp³-hybridized carbons (Fsp3) is 0.300. The molecule has 0 aliphatic heterocycles. The quantitative estimate of drug-likeness (QED) is 0.690. The van der Waals surface area contributed by atoms with Crippen LogP contribution in [0.1, 0.15) is 18.1 Å². The van der Waals surface area contributed by atoms with Crippen LogP contribution in [-0.4, -0.2) is 31.2 Å². The summed E-state index contributed by atoms with van der Waals surface area (Å²) < 4.78 is 39.7. The van der Waals surface area contributed by atoms with E-state index in [9.17, 15) is 18.4 Å². The molecule has 0 spiro atoms. The summed E-state index contributed by atoms with van der Waals surface area (Å²) in [5.74, 6) is -1.04. The van der Waals surface area contributed by atoms with E-state index >= 15 is 0 Å². The second kappa shape index (κ2) is 9.68. The molecule has 2 rings (SSSR count). The van der Waals surface area contributed by atoms with Gasteiger partial charge < -0.3 is 19.5 Å². The molecule has 6 nitrogen and oxygen atoms in total. The first-order chi connectivity index (χ1) is 13.3. The standard InChI is InChI=1S/C20H21F2NO5/c1-12-7-6-8-13(2)18(12)26-11-17(24)27-14(3)19(25)23-15-9-4-5-10-16(15)28-20(21)22/h4-10,14,20H,11H2,1-3H3,(H,23,25)/t14-/m0/s1. The number of hydrogen-bond acceptors (Lipinski definition) is 5. The maximum Gasteiger partial charge on any atom is 0.387 e. The average Bonchev–Trinajstić information content (AvgIpc) is 2.62. The number of rotatable bonds is 8. The highest BCUT2D eigenvalue weighted by Gasteiger charge is 2.20. The van der Waals surface area contributed by atoms with Crippen molar-refractivity contribution >= 4 is 17.6 Å². The zero-order chi connectivity index (χ0) is 20.7. The number of hydrogen-bond donors (Lipinski definition) is 1. The first-order valence-corrected chi connectivity index (χ1v) is 8.51. The average molecular weight is 393 g/mol. The summed E-state index contributed by atoms with van der Waals surface area (Å²) in [5.41, 5.74) is 1.78. The summed E-state index contributed by atoms with van der Waals surface area (Å²) in [6.07, 6.45) is -1.16. The summed E-state index contributed by atoms with van der Waals surface area (Å²) in [7, 11) is 0. The van der Waals surface area contributed by atoms with E-state index in [4.69, 9.17) is 9.47 Å². The van der Waals surface area contributed by atoms with Crippen molar-refractivity contribution in [3.8, 4) is 11.5 Å². The molecule has 1 atom stereocenters. The Morgan fingerprint density at radius 1 is 1.04 bits per heavy atom. The topological polar surface area (TPSA) is 73.9 Å². The monoisotopic (exact) mass is 393 g/mol. The predicted molar refractivity (Wildman–Crippen MR) is 98.7 cm³/mol. The zero-order valence-electron chi connectivity index (χ0n) is 15.7. The van der Waals surface area contributed by atoms with Crippen molar-refractivity contribution in [2.24, 2.45) is 0 Å². The fourth-order valence-electron chi connectivity index (χ4n) is 2.45. The molecule has 0 aliphatic carbocycles. The first-order valence-electron chi connectivity index (χ1n) is 8.51. The molecule has 28 heavy (non-hydrogen) atoms. The molecule has 150 valence electrons. The normalized spacial score (nSPS) is 11.6. The van der Waals surface area contributed by atoms with Crippen LogP contribution in [0.2, 0.25) is 0 Å².